The maximum absolute atomic E-state index is 12.4. The van der Waals surface area contributed by atoms with Crippen LogP contribution in [-0.2, 0) is 16.1 Å². The number of carbonyl (C=O) groups excluding carboxylic acids is 1. The molecule has 0 unspecified atom stereocenters. The quantitative estimate of drug-likeness (QED) is 0.926. The molecule has 2 aliphatic heterocycles. The summed E-state index contributed by atoms with van der Waals surface area (Å²) in [6, 6.07) is 4.32. The molecule has 0 radical (unpaired) electrons. The third-order valence-electron chi connectivity index (χ3n) is 5.59. The molecule has 1 aromatic rings. The number of furan rings is 1. The van der Waals surface area contributed by atoms with Gasteiger partial charge in [-0.2, -0.15) is 0 Å². The molecule has 3 aliphatic rings. The molecule has 1 aliphatic carbocycles. The lowest BCUT2D eigenvalue weighted by atomic mass is 9.91. The number of nitrogens with one attached hydrogen (secondary N) is 1. The summed E-state index contributed by atoms with van der Waals surface area (Å²) in [5, 5.41) is 3.19. The van der Waals surface area contributed by atoms with Crippen molar-refractivity contribution in [2.45, 2.75) is 63.3 Å². The zero-order valence-electron chi connectivity index (χ0n) is 13.6. The second kappa shape index (κ2) is 6.65. The highest BCUT2D eigenvalue weighted by Crippen LogP contribution is 2.34. The lowest BCUT2D eigenvalue weighted by Crippen LogP contribution is -2.42. The van der Waals surface area contributed by atoms with Gasteiger partial charge >= 0.3 is 0 Å². The molecule has 5 nitrogen and oxygen atoms in total. The average Bonchev–Trinajstić information content (AvgIpc) is 3.27. The Morgan fingerprint density at radius 2 is 2.17 bits per heavy atom. The number of ether oxygens (including phenoxy) is 1. The molecule has 3 heterocycles. The number of piperidine rings is 1. The highest BCUT2D eigenvalue weighted by Gasteiger charge is 2.42. The predicted molar refractivity (Wildman–Crippen MR) is 85.8 cm³/mol. The minimum Gasteiger partial charge on any atom is -0.468 e. The molecule has 1 saturated carbocycles. The van der Waals surface area contributed by atoms with Gasteiger partial charge in [0.2, 0.25) is 5.91 Å². The smallest absolute Gasteiger partial charge is 0.249 e. The van der Waals surface area contributed by atoms with E-state index in [1.54, 1.807) is 6.26 Å². The number of carbonyl (C=O) groups is 1. The van der Waals surface area contributed by atoms with Crippen LogP contribution < -0.4 is 5.32 Å². The van der Waals surface area contributed by atoms with Gasteiger partial charge in [-0.3, -0.25) is 9.69 Å². The van der Waals surface area contributed by atoms with E-state index in [4.69, 9.17) is 9.15 Å². The third-order valence-corrected chi connectivity index (χ3v) is 5.59. The molecule has 5 heteroatoms. The lowest BCUT2D eigenvalue weighted by Gasteiger charge is -2.33. The van der Waals surface area contributed by atoms with Crippen molar-refractivity contribution in [3.8, 4) is 0 Å². The van der Waals surface area contributed by atoms with Crippen molar-refractivity contribution in [3.63, 3.8) is 0 Å². The number of hydrogen-bond acceptors (Lipinski definition) is 4. The molecule has 1 aromatic heterocycles. The Morgan fingerprint density at radius 1 is 1.30 bits per heavy atom. The highest BCUT2D eigenvalue weighted by molar-refractivity contribution is 5.81. The zero-order valence-corrected chi connectivity index (χ0v) is 13.6. The van der Waals surface area contributed by atoms with E-state index in [0.717, 1.165) is 51.1 Å². The molecular formula is C18H26N2O3. The summed E-state index contributed by atoms with van der Waals surface area (Å²) < 4.78 is 11.5. The van der Waals surface area contributed by atoms with Crippen LogP contribution in [0.25, 0.3) is 0 Å². The van der Waals surface area contributed by atoms with Crippen molar-refractivity contribution in [2.75, 3.05) is 13.1 Å². The molecule has 23 heavy (non-hydrogen) atoms. The van der Waals surface area contributed by atoms with Gasteiger partial charge in [-0.05, 0) is 50.3 Å². The van der Waals surface area contributed by atoms with Crippen molar-refractivity contribution < 1.29 is 13.9 Å². The maximum atomic E-state index is 12.4. The molecule has 0 spiro atoms. The monoisotopic (exact) mass is 318 g/mol. The van der Waals surface area contributed by atoms with Crippen LogP contribution >= 0.6 is 0 Å². The van der Waals surface area contributed by atoms with Crippen molar-refractivity contribution in [2.24, 2.45) is 5.92 Å². The Hall–Kier alpha value is -1.33. The first-order valence-corrected chi connectivity index (χ1v) is 8.98. The van der Waals surface area contributed by atoms with Crippen molar-refractivity contribution in [3.05, 3.63) is 24.2 Å². The summed E-state index contributed by atoms with van der Waals surface area (Å²) in [5.74, 6) is 1.64. The molecule has 3 fully saturated rings. The van der Waals surface area contributed by atoms with Gasteiger partial charge in [-0.25, -0.2) is 0 Å². The Balaban J connectivity index is 1.29. The first-order valence-electron chi connectivity index (χ1n) is 8.98. The fraction of sp³-hybridized carbons (Fsp3) is 0.722. The van der Waals surface area contributed by atoms with E-state index in [9.17, 15) is 4.79 Å². The van der Waals surface area contributed by atoms with E-state index >= 15 is 0 Å². The van der Waals surface area contributed by atoms with Gasteiger partial charge < -0.3 is 14.5 Å². The first-order chi connectivity index (χ1) is 11.3. The molecule has 126 valence electrons. The summed E-state index contributed by atoms with van der Waals surface area (Å²) in [6.07, 6.45) is 8.40. The van der Waals surface area contributed by atoms with Gasteiger partial charge in [0.1, 0.15) is 11.9 Å². The van der Waals surface area contributed by atoms with E-state index < -0.39 is 0 Å². The fourth-order valence-corrected chi connectivity index (χ4v) is 4.29. The van der Waals surface area contributed by atoms with Crippen LogP contribution in [0.4, 0.5) is 0 Å². The number of amides is 1. The van der Waals surface area contributed by atoms with Crippen LogP contribution in [0.5, 0.6) is 0 Å². The normalized spacial score (nSPS) is 32.1. The van der Waals surface area contributed by atoms with Crippen LogP contribution in [-0.4, -0.2) is 42.1 Å². The van der Waals surface area contributed by atoms with Crippen LogP contribution in [0.3, 0.4) is 0 Å². The van der Waals surface area contributed by atoms with Gasteiger partial charge in [-0.15, -0.1) is 0 Å². The topological polar surface area (TPSA) is 54.7 Å². The zero-order chi connectivity index (χ0) is 15.6. The molecule has 3 atom stereocenters. The standard InChI is InChI=1S/C18H26N2O3/c21-18(19-14-4-1-2-5-14)16-10-13-7-8-20(12-17(13)23-16)11-15-6-3-9-22-15/h3,6,9,13-14,16-17H,1-2,4-5,7-8,10-12H2,(H,19,21)/t13-,16-,17+/m0/s1. The summed E-state index contributed by atoms with van der Waals surface area (Å²) >= 11 is 0. The maximum Gasteiger partial charge on any atom is 0.249 e. The molecule has 4 rings (SSSR count). The van der Waals surface area contributed by atoms with Crippen LogP contribution in [0, 0.1) is 5.92 Å². The Labute approximate surface area is 137 Å². The average molecular weight is 318 g/mol. The Kier molecular flexibility index (Phi) is 4.40. The van der Waals surface area contributed by atoms with Crippen LogP contribution in [0.2, 0.25) is 0 Å². The van der Waals surface area contributed by atoms with E-state index in [0.29, 0.717) is 12.0 Å². The second-order valence-electron chi connectivity index (χ2n) is 7.25. The molecule has 0 bridgehead atoms. The minimum atomic E-state index is -0.242. The van der Waals surface area contributed by atoms with Crippen LogP contribution in [0.1, 0.15) is 44.3 Å². The number of nitrogens with zero attached hydrogens (tertiary/aromatic N) is 1. The predicted octanol–water partition coefficient (Wildman–Crippen LogP) is 2.32. The van der Waals surface area contributed by atoms with Gasteiger partial charge in [0, 0.05) is 12.6 Å². The van der Waals surface area contributed by atoms with E-state index in [-0.39, 0.29) is 18.1 Å². The first kappa shape index (κ1) is 15.2. The lowest BCUT2D eigenvalue weighted by molar-refractivity contribution is -0.133. The largest absolute Gasteiger partial charge is 0.468 e. The molecule has 0 aromatic carbocycles. The molecule has 1 N–H and O–H groups in total. The van der Waals surface area contributed by atoms with Crippen LogP contribution in [0.15, 0.2) is 22.8 Å². The van der Waals surface area contributed by atoms with E-state index in [1.807, 2.05) is 12.1 Å². The van der Waals surface area contributed by atoms with Crippen molar-refractivity contribution in [1.82, 2.24) is 10.2 Å². The van der Waals surface area contributed by atoms with Crippen molar-refractivity contribution >= 4 is 5.91 Å². The Bertz CT molecular complexity index is 524. The molecular weight excluding hydrogens is 292 g/mol. The SMILES string of the molecule is O=C(NC1CCCC1)[C@@H]1C[C@@H]2CCN(Cc3ccco3)C[C@H]2O1. The number of rotatable bonds is 4. The Morgan fingerprint density at radius 3 is 2.96 bits per heavy atom. The molecule has 1 amide bonds. The van der Waals surface area contributed by atoms with Gasteiger partial charge in [-0.1, -0.05) is 12.8 Å². The van der Waals surface area contributed by atoms with Gasteiger partial charge in [0.15, 0.2) is 0 Å². The second-order valence-corrected chi connectivity index (χ2v) is 7.25. The van der Waals surface area contributed by atoms with Crippen molar-refractivity contribution in [1.29, 1.82) is 0 Å². The highest BCUT2D eigenvalue weighted by atomic mass is 16.5. The summed E-state index contributed by atoms with van der Waals surface area (Å²) in [7, 11) is 0. The summed E-state index contributed by atoms with van der Waals surface area (Å²) in [4.78, 5) is 14.8. The fourth-order valence-electron chi connectivity index (χ4n) is 4.29. The molecule has 2 saturated heterocycles. The van der Waals surface area contributed by atoms with Gasteiger partial charge in [0.25, 0.3) is 0 Å². The number of hydrogen-bond donors (Lipinski definition) is 1. The van der Waals surface area contributed by atoms with Gasteiger partial charge in [0.05, 0.1) is 18.9 Å². The van der Waals surface area contributed by atoms with E-state index in [2.05, 4.69) is 10.2 Å². The number of fused-ring (bicyclic) bond motifs is 1. The summed E-state index contributed by atoms with van der Waals surface area (Å²) in [5.41, 5.74) is 0. The number of likely N-dealkylation sites (tertiary alicyclic amines) is 1. The van der Waals surface area contributed by atoms with E-state index in [1.165, 1.54) is 12.8 Å². The third kappa shape index (κ3) is 3.45. The minimum absolute atomic E-state index is 0.115. The summed E-state index contributed by atoms with van der Waals surface area (Å²) in [6.45, 7) is 2.79.